The van der Waals surface area contributed by atoms with Crippen LogP contribution in [0, 0.1) is 6.92 Å². The van der Waals surface area contributed by atoms with Crippen LogP contribution in [0.4, 0.5) is 5.69 Å². The molecule has 0 bridgehead atoms. The summed E-state index contributed by atoms with van der Waals surface area (Å²) >= 11 is 0. The number of carbonyl (C=O) groups is 2. The number of aryl methyl sites for hydroxylation is 1. The summed E-state index contributed by atoms with van der Waals surface area (Å²) in [5.74, 6) is -0.493. The van der Waals surface area contributed by atoms with Crippen molar-refractivity contribution in [1.82, 2.24) is 15.2 Å². The SMILES string of the molecule is Cc1nc2cccc(OC3CCC(NC(=O)CN4CCOCC4)CC3)c2c(N)c1C(=O)O. The minimum atomic E-state index is -1.10. The Bertz CT molecular complexity index is 998. The third-order valence-electron chi connectivity index (χ3n) is 6.21. The highest BCUT2D eigenvalue weighted by Gasteiger charge is 2.26. The summed E-state index contributed by atoms with van der Waals surface area (Å²) in [5.41, 5.74) is 7.41. The van der Waals surface area contributed by atoms with Crippen LogP contribution in [-0.4, -0.2) is 71.9 Å². The van der Waals surface area contributed by atoms with Crippen molar-refractivity contribution >= 4 is 28.5 Å². The Kier molecular flexibility index (Phi) is 6.76. The van der Waals surface area contributed by atoms with Crippen LogP contribution in [0.5, 0.6) is 5.75 Å². The number of pyridine rings is 1. The molecule has 0 spiro atoms. The van der Waals surface area contributed by atoms with E-state index in [2.05, 4.69) is 15.2 Å². The normalized spacial score (nSPS) is 21.9. The second-order valence-electron chi connectivity index (χ2n) is 8.49. The lowest BCUT2D eigenvalue weighted by Gasteiger charge is -2.31. The van der Waals surface area contributed by atoms with E-state index in [0.29, 0.717) is 42.1 Å². The highest BCUT2D eigenvalue weighted by atomic mass is 16.5. The molecule has 0 atom stereocenters. The average Bonchev–Trinajstić information content (AvgIpc) is 2.75. The first-order chi connectivity index (χ1) is 15.4. The lowest BCUT2D eigenvalue weighted by atomic mass is 9.92. The topological polar surface area (TPSA) is 127 Å². The molecular formula is C23H30N4O5. The van der Waals surface area contributed by atoms with Crippen LogP contribution in [0.15, 0.2) is 18.2 Å². The number of nitrogen functional groups attached to an aromatic ring is 1. The summed E-state index contributed by atoms with van der Waals surface area (Å²) in [6.07, 6.45) is 3.23. The van der Waals surface area contributed by atoms with Gasteiger partial charge in [0.2, 0.25) is 5.91 Å². The summed E-state index contributed by atoms with van der Waals surface area (Å²) in [6.45, 7) is 4.99. The molecule has 2 fully saturated rings. The molecular weight excluding hydrogens is 412 g/mol. The number of aromatic carboxylic acids is 1. The average molecular weight is 443 g/mol. The number of carboxylic acids is 1. The number of hydrogen-bond donors (Lipinski definition) is 3. The molecule has 1 aromatic carbocycles. The Balaban J connectivity index is 1.37. The smallest absolute Gasteiger partial charge is 0.339 e. The number of nitrogens with zero attached hydrogens (tertiary/aromatic N) is 2. The molecule has 1 aromatic heterocycles. The molecule has 4 N–H and O–H groups in total. The Morgan fingerprint density at radius 1 is 1.25 bits per heavy atom. The number of carbonyl (C=O) groups excluding carboxylic acids is 1. The monoisotopic (exact) mass is 442 g/mol. The molecule has 32 heavy (non-hydrogen) atoms. The van der Waals surface area contributed by atoms with Gasteiger partial charge in [-0.15, -0.1) is 0 Å². The number of fused-ring (bicyclic) bond motifs is 1. The van der Waals surface area contributed by atoms with Gasteiger partial charge in [0, 0.05) is 19.1 Å². The predicted octanol–water partition coefficient (Wildman–Crippen LogP) is 1.96. The first-order valence-corrected chi connectivity index (χ1v) is 11.1. The molecule has 1 aliphatic carbocycles. The van der Waals surface area contributed by atoms with Crippen LogP contribution >= 0.6 is 0 Å². The van der Waals surface area contributed by atoms with Gasteiger partial charge < -0.3 is 25.6 Å². The van der Waals surface area contributed by atoms with Crippen molar-refractivity contribution in [2.45, 2.75) is 44.8 Å². The van der Waals surface area contributed by atoms with Gasteiger partial charge >= 0.3 is 5.97 Å². The maximum atomic E-state index is 12.4. The fraction of sp³-hybridized carbons (Fsp3) is 0.522. The highest BCUT2D eigenvalue weighted by molar-refractivity contribution is 6.06. The maximum Gasteiger partial charge on any atom is 0.339 e. The lowest BCUT2D eigenvalue weighted by Crippen LogP contribution is -2.47. The molecule has 9 nitrogen and oxygen atoms in total. The molecule has 2 aromatic rings. The number of benzene rings is 1. The first kappa shape index (κ1) is 22.3. The standard InChI is InChI=1S/C23H30N4O5/c1-14-20(23(29)30)22(24)21-17(25-14)3-2-4-18(21)32-16-7-5-15(6-8-16)26-19(28)13-27-9-11-31-12-10-27/h2-4,15-16H,5-13H2,1H3,(H2,24,25)(H,26,28)(H,29,30). The molecule has 1 saturated carbocycles. The van der Waals surface area contributed by atoms with Gasteiger partial charge in [0.25, 0.3) is 0 Å². The quantitative estimate of drug-likeness (QED) is 0.620. The largest absolute Gasteiger partial charge is 0.490 e. The van der Waals surface area contributed by atoms with Crippen molar-refractivity contribution in [1.29, 1.82) is 0 Å². The van der Waals surface area contributed by atoms with Crippen LogP contribution in [0.3, 0.4) is 0 Å². The number of carboxylic acid groups (broad SMARTS) is 1. The van der Waals surface area contributed by atoms with E-state index in [1.165, 1.54) is 0 Å². The van der Waals surface area contributed by atoms with E-state index in [4.69, 9.17) is 15.2 Å². The van der Waals surface area contributed by atoms with Crippen LogP contribution < -0.4 is 15.8 Å². The zero-order chi connectivity index (χ0) is 22.7. The van der Waals surface area contributed by atoms with E-state index in [9.17, 15) is 14.7 Å². The fourth-order valence-electron chi connectivity index (χ4n) is 4.55. The van der Waals surface area contributed by atoms with Crippen LogP contribution in [0.1, 0.15) is 41.7 Å². The molecule has 0 unspecified atom stereocenters. The van der Waals surface area contributed by atoms with E-state index < -0.39 is 5.97 Å². The van der Waals surface area contributed by atoms with Crippen molar-refractivity contribution < 1.29 is 24.2 Å². The number of nitrogens with two attached hydrogens (primary N) is 1. The van der Waals surface area contributed by atoms with E-state index in [0.717, 1.165) is 38.8 Å². The van der Waals surface area contributed by atoms with Crippen molar-refractivity contribution in [3.8, 4) is 5.75 Å². The first-order valence-electron chi connectivity index (χ1n) is 11.1. The van der Waals surface area contributed by atoms with Gasteiger partial charge in [-0.1, -0.05) is 6.07 Å². The molecule has 172 valence electrons. The molecule has 1 amide bonds. The Morgan fingerprint density at radius 3 is 2.66 bits per heavy atom. The highest BCUT2D eigenvalue weighted by Crippen LogP contribution is 2.35. The predicted molar refractivity (Wildman–Crippen MR) is 120 cm³/mol. The summed E-state index contributed by atoms with van der Waals surface area (Å²) in [6, 6.07) is 5.58. The second kappa shape index (κ2) is 9.70. The van der Waals surface area contributed by atoms with Crippen LogP contribution in [0.2, 0.25) is 0 Å². The van der Waals surface area contributed by atoms with E-state index in [1.54, 1.807) is 19.1 Å². The van der Waals surface area contributed by atoms with E-state index >= 15 is 0 Å². The minimum Gasteiger partial charge on any atom is -0.490 e. The van der Waals surface area contributed by atoms with Crippen LogP contribution in [0.25, 0.3) is 10.9 Å². The van der Waals surface area contributed by atoms with Gasteiger partial charge in [0.15, 0.2) is 0 Å². The van der Waals surface area contributed by atoms with Gasteiger partial charge in [0.1, 0.15) is 11.3 Å². The number of rotatable bonds is 6. The van der Waals surface area contributed by atoms with Crippen LogP contribution in [-0.2, 0) is 9.53 Å². The number of hydrogen-bond acceptors (Lipinski definition) is 7. The molecule has 2 aliphatic rings. The third-order valence-corrected chi connectivity index (χ3v) is 6.21. The minimum absolute atomic E-state index is 0.0141. The van der Waals surface area contributed by atoms with Crippen molar-refractivity contribution in [2.75, 3.05) is 38.6 Å². The Labute approximate surface area is 186 Å². The summed E-state index contributed by atoms with van der Waals surface area (Å²) in [5, 5.41) is 13.2. The summed E-state index contributed by atoms with van der Waals surface area (Å²) in [4.78, 5) is 30.5. The molecule has 1 saturated heterocycles. The molecule has 0 radical (unpaired) electrons. The molecule has 2 heterocycles. The summed E-state index contributed by atoms with van der Waals surface area (Å²) < 4.78 is 11.6. The van der Waals surface area contributed by atoms with Gasteiger partial charge in [-0.2, -0.15) is 0 Å². The Hall–Kier alpha value is -2.91. The second-order valence-corrected chi connectivity index (χ2v) is 8.49. The molecule has 9 heteroatoms. The zero-order valence-corrected chi connectivity index (χ0v) is 18.3. The fourth-order valence-corrected chi connectivity index (χ4v) is 4.55. The maximum absolute atomic E-state index is 12.4. The van der Waals surface area contributed by atoms with Crippen molar-refractivity contribution in [2.24, 2.45) is 0 Å². The van der Waals surface area contributed by atoms with Gasteiger partial charge in [-0.05, 0) is 44.7 Å². The van der Waals surface area contributed by atoms with Gasteiger partial charge in [-0.25, -0.2) is 4.79 Å². The Morgan fingerprint density at radius 2 is 1.97 bits per heavy atom. The number of amides is 1. The van der Waals surface area contributed by atoms with Crippen molar-refractivity contribution in [3.05, 3.63) is 29.5 Å². The number of nitrogens with one attached hydrogen (secondary N) is 1. The number of aromatic nitrogens is 1. The molecule has 1 aliphatic heterocycles. The van der Waals surface area contributed by atoms with E-state index in [-0.39, 0.29) is 29.3 Å². The lowest BCUT2D eigenvalue weighted by molar-refractivity contribution is -0.124. The number of anilines is 1. The molecule has 4 rings (SSSR count). The third kappa shape index (κ3) is 4.94. The zero-order valence-electron chi connectivity index (χ0n) is 18.3. The van der Waals surface area contributed by atoms with E-state index in [1.807, 2.05) is 6.07 Å². The van der Waals surface area contributed by atoms with Gasteiger partial charge in [-0.3, -0.25) is 14.7 Å². The van der Waals surface area contributed by atoms with Gasteiger partial charge in [0.05, 0.1) is 48.1 Å². The summed E-state index contributed by atoms with van der Waals surface area (Å²) in [7, 11) is 0. The number of morpholine rings is 1. The number of ether oxygens (including phenoxy) is 2. The van der Waals surface area contributed by atoms with Crippen molar-refractivity contribution in [3.63, 3.8) is 0 Å².